The third-order valence-corrected chi connectivity index (χ3v) is 4.62. The molecule has 1 aliphatic heterocycles. The van der Waals surface area contributed by atoms with Crippen molar-refractivity contribution in [3.63, 3.8) is 0 Å². The lowest BCUT2D eigenvalue weighted by atomic mass is 9.77. The minimum atomic E-state index is -0.947. The lowest BCUT2D eigenvalue weighted by Crippen LogP contribution is -2.41. The number of halogens is 2. The number of amides is 1. The van der Waals surface area contributed by atoms with Crippen LogP contribution in [0.25, 0.3) is 0 Å². The summed E-state index contributed by atoms with van der Waals surface area (Å²) >= 11 is 0. The number of benzene rings is 2. The third kappa shape index (κ3) is 3.55. The van der Waals surface area contributed by atoms with Crippen LogP contribution in [0.15, 0.2) is 48.5 Å². The van der Waals surface area contributed by atoms with Crippen LogP contribution in [0.3, 0.4) is 0 Å². The van der Waals surface area contributed by atoms with Crippen LogP contribution in [-0.4, -0.2) is 29.2 Å². The predicted octanol–water partition coefficient (Wildman–Crippen LogP) is 4.49. The second-order valence-electron chi connectivity index (χ2n) is 6.22. The van der Waals surface area contributed by atoms with Gasteiger partial charge in [-0.3, -0.25) is 0 Å². The molecule has 24 heavy (non-hydrogen) atoms. The highest BCUT2D eigenvalue weighted by molar-refractivity contribution is 5.65. The smallest absolute Gasteiger partial charge is 0.407 e. The Labute approximate surface area is 139 Å². The molecule has 1 fully saturated rings. The van der Waals surface area contributed by atoms with Gasteiger partial charge in [0.05, 0.1) is 0 Å². The number of piperidine rings is 1. The van der Waals surface area contributed by atoms with E-state index in [9.17, 15) is 18.7 Å². The number of carboxylic acid groups (broad SMARTS) is 1. The van der Waals surface area contributed by atoms with E-state index in [1.807, 2.05) is 12.1 Å². The van der Waals surface area contributed by atoms with E-state index in [-0.39, 0.29) is 23.5 Å². The normalized spacial score (nSPS) is 18.0. The first-order valence-electron chi connectivity index (χ1n) is 8.03. The molecule has 1 amide bonds. The van der Waals surface area contributed by atoms with Crippen molar-refractivity contribution in [3.8, 4) is 0 Å². The summed E-state index contributed by atoms with van der Waals surface area (Å²) in [5, 5.41) is 9.27. The minimum Gasteiger partial charge on any atom is -0.465 e. The summed E-state index contributed by atoms with van der Waals surface area (Å²) in [4.78, 5) is 12.7. The van der Waals surface area contributed by atoms with Gasteiger partial charge in [-0.2, -0.15) is 0 Å². The highest BCUT2D eigenvalue weighted by Gasteiger charge is 2.31. The lowest BCUT2D eigenvalue weighted by molar-refractivity contribution is 0.116. The first-order valence-corrected chi connectivity index (χ1v) is 8.03. The molecule has 0 bridgehead atoms. The number of rotatable bonds is 3. The molecule has 1 atom stereocenters. The molecule has 0 radical (unpaired) electrons. The molecular formula is C19H19F2NO2. The number of hydrogen-bond donors (Lipinski definition) is 1. The van der Waals surface area contributed by atoms with Crippen molar-refractivity contribution in [2.75, 3.05) is 13.1 Å². The summed E-state index contributed by atoms with van der Waals surface area (Å²) in [5.41, 5.74) is 1.50. The van der Waals surface area contributed by atoms with Gasteiger partial charge in [-0.25, -0.2) is 13.6 Å². The average molecular weight is 331 g/mol. The quantitative estimate of drug-likeness (QED) is 0.900. The lowest BCUT2D eigenvalue weighted by Gasteiger charge is -2.36. The first kappa shape index (κ1) is 16.4. The molecule has 1 aliphatic rings. The zero-order chi connectivity index (χ0) is 17.1. The number of likely N-dealkylation sites (tertiary alicyclic amines) is 1. The van der Waals surface area contributed by atoms with Gasteiger partial charge >= 0.3 is 6.09 Å². The maximum atomic E-state index is 13.7. The van der Waals surface area contributed by atoms with E-state index in [4.69, 9.17) is 0 Å². The Morgan fingerprint density at radius 3 is 2.17 bits per heavy atom. The monoisotopic (exact) mass is 331 g/mol. The molecule has 126 valence electrons. The van der Waals surface area contributed by atoms with Gasteiger partial charge < -0.3 is 10.0 Å². The molecule has 5 heteroatoms. The van der Waals surface area contributed by atoms with Gasteiger partial charge in [0.25, 0.3) is 0 Å². The first-order chi connectivity index (χ1) is 11.5. The average Bonchev–Trinajstić information content (AvgIpc) is 2.55. The Morgan fingerprint density at radius 2 is 1.67 bits per heavy atom. The Morgan fingerprint density at radius 1 is 1.08 bits per heavy atom. The van der Waals surface area contributed by atoms with Crippen LogP contribution in [0.2, 0.25) is 0 Å². The van der Waals surface area contributed by atoms with Crippen LogP contribution in [0.1, 0.15) is 29.9 Å². The Balaban J connectivity index is 2.00. The fourth-order valence-electron chi connectivity index (χ4n) is 3.59. The Hall–Kier alpha value is -2.43. The molecule has 1 heterocycles. The zero-order valence-electron chi connectivity index (χ0n) is 13.2. The van der Waals surface area contributed by atoms with E-state index in [1.54, 1.807) is 12.1 Å². The molecule has 2 aromatic carbocycles. The minimum absolute atomic E-state index is 0.0153. The zero-order valence-corrected chi connectivity index (χ0v) is 13.2. The molecule has 1 unspecified atom stereocenters. The topological polar surface area (TPSA) is 40.5 Å². The molecule has 0 aromatic heterocycles. The summed E-state index contributed by atoms with van der Waals surface area (Å²) in [5.74, 6) is -0.948. The van der Waals surface area contributed by atoms with E-state index < -0.39 is 6.09 Å². The number of carbonyl (C=O) groups is 1. The summed E-state index contributed by atoms with van der Waals surface area (Å²) < 4.78 is 27.4. The van der Waals surface area contributed by atoms with Crippen molar-refractivity contribution in [1.82, 2.24) is 4.90 Å². The van der Waals surface area contributed by atoms with Gasteiger partial charge in [0.15, 0.2) is 0 Å². The Bertz CT molecular complexity index is 689. The van der Waals surface area contributed by atoms with Crippen molar-refractivity contribution in [2.24, 2.45) is 5.92 Å². The van der Waals surface area contributed by atoms with E-state index >= 15 is 0 Å². The third-order valence-electron chi connectivity index (χ3n) is 4.62. The van der Waals surface area contributed by atoms with Gasteiger partial charge in [0.1, 0.15) is 11.6 Å². The largest absolute Gasteiger partial charge is 0.465 e. The van der Waals surface area contributed by atoms with Crippen LogP contribution in [0.5, 0.6) is 0 Å². The van der Waals surface area contributed by atoms with E-state index in [0.717, 1.165) is 24.0 Å². The second kappa shape index (κ2) is 6.99. The number of hydrogen-bond acceptors (Lipinski definition) is 1. The van der Waals surface area contributed by atoms with Gasteiger partial charge in [0, 0.05) is 19.0 Å². The van der Waals surface area contributed by atoms with E-state index in [0.29, 0.717) is 13.1 Å². The van der Waals surface area contributed by atoms with Crippen molar-refractivity contribution in [3.05, 3.63) is 71.3 Å². The van der Waals surface area contributed by atoms with Crippen LogP contribution < -0.4 is 0 Å². The predicted molar refractivity (Wildman–Crippen MR) is 87.0 cm³/mol. The van der Waals surface area contributed by atoms with Gasteiger partial charge in [-0.1, -0.05) is 24.3 Å². The van der Waals surface area contributed by atoms with Crippen molar-refractivity contribution in [2.45, 2.75) is 18.8 Å². The molecule has 0 aliphatic carbocycles. The molecule has 2 aromatic rings. The molecule has 1 saturated heterocycles. The molecule has 1 N–H and O–H groups in total. The summed E-state index contributed by atoms with van der Waals surface area (Å²) in [6.07, 6.45) is 0.622. The molecule has 0 spiro atoms. The SMILES string of the molecule is O=C(O)N1CCCC(C(c2cccc(F)c2)c2cccc(F)c2)C1. The summed E-state index contributed by atoms with van der Waals surface area (Å²) in [6, 6.07) is 12.6. The fourth-order valence-corrected chi connectivity index (χ4v) is 3.59. The highest BCUT2D eigenvalue weighted by atomic mass is 19.1. The molecular weight excluding hydrogens is 312 g/mol. The van der Waals surface area contributed by atoms with Gasteiger partial charge in [-0.15, -0.1) is 0 Å². The van der Waals surface area contributed by atoms with E-state index in [1.165, 1.54) is 29.2 Å². The van der Waals surface area contributed by atoms with Crippen molar-refractivity contribution < 1.29 is 18.7 Å². The van der Waals surface area contributed by atoms with Crippen LogP contribution in [0.4, 0.5) is 13.6 Å². The summed E-state index contributed by atoms with van der Waals surface area (Å²) in [6.45, 7) is 0.873. The fraction of sp³-hybridized carbons (Fsp3) is 0.316. The van der Waals surface area contributed by atoms with Crippen LogP contribution in [-0.2, 0) is 0 Å². The van der Waals surface area contributed by atoms with Gasteiger partial charge in [0.2, 0.25) is 0 Å². The van der Waals surface area contributed by atoms with Crippen LogP contribution in [0, 0.1) is 17.6 Å². The second-order valence-corrected chi connectivity index (χ2v) is 6.22. The maximum absolute atomic E-state index is 13.7. The molecule has 0 saturated carbocycles. The van der Waals surface area contributed by atoms with Gasteiger partial charge in [-0.05, 0) is 54.2 Å². The van der Waals surface area contributed by atoms with Crippen molar-refractivity contribution in [1.29, 1.82) is 0 Å². The van der Waals surface area contributed by atoms with E-state index in [2.05, 4.69) is 0 Å². The molecule has 3 rings (SSSR count). The number of nitrogens with zero attached hydrogens (tertiary/aromatic N) is 1. The highest BCUT2D eigenvalue weighted by Crippen LogP contribution is 2.37. The summed E-state index contributed by atoms with van der Waals surface area (Å²) in [7, 11) is 0. The van der Waals surface area contributed by atoms with Crippen LogP contribution >= 0.6 is 0 Å². The maximum Gasteiger partial charge on any atom is 0.407 e. The van der Waals surface area contributed by atoms with Crippen molar-refractivity contribution >= 4 is 6.09 Å². The molecule has 3 nitrogen and oxygen atoms in total. The standard InChI is InChI=1S/C19H19F2NO2/c20-16-7-1-4-13(10-16)18(14-5-2-8-17(21)11-14)15-6-3-9-22(12-15)19(23)24/h1-2,4-5,7-8,10-11,15,18H,3,6,9,12H2,(H,23,24). The Kier molecular flexibility index (Phi) is 4.79.